The quantitative estimate of drug-likeness (QED) is 0.358. The number of nitrogens with one attached hydrogen (secondary N) is 1. The minimum absolute atomic E-state index is 0.0733. The first kappa shape index (κ1) is 12.7. The number of nitrogen functional groups attached to an aromatic ring is 1. The average Bonchev–Trinajstić information content (AvgIpc) is 2.87. The second kappa shape index (κ2) is 5.27. The zero-order valence-corrected chi connectivity index (χ0v) is 9.81. The molecule has 0 spiro atoms. The van der Waals surface area contributed by atoms with E-state index in [2.05, 4.69) is 5.10 Å². The van der Waals surface area contributed by atoms with E-state index in [1.54, 1.807) is 24.3 Å². The fourth-order valence-corrected chi connectivity index (χ4v) is 1.61. The van der Waals surface area contributed by atoms with E-state index in [1.165, 1.54) is 17.1 Å². The Balaban J connectivity index is 2.18. The average molecular weight is 261 g/mol. The summed E-state index contributed by atoms with van der Waals surface area (Å²) in [5.74, 6) is 4.66. The molecule has 0 saturated heterocycles. The molecule has 0 aliphatic heterocycles. The summed E-state index contributed by atoms with van der Waals surface area (Å²) in [4.78, 5) is 21.4. The van der Waals surface area contributed by atoms with Crippen molar-refractivity contribution in [1.82, 2.24) is 15.2 Å². The number of nitrogens with zero attached hydrogens (tertiary/aromatic N) is 3. The van der Waals surface area contributed by atoms with Gasteiger partial charge in [0, 0.05) is 5.56 Å². The Bertz CT molecular complexity index is 622. The molecule has 0 aliphatic rings. The maximum absolute atomic E-state index is 11.4. The molecule has 1 heterocycles. The molecular formula is C11H11N5O3. The molecule has 0 unspecified atom stereocenters. The lowest BCUT2D eigenvalue weighted by atomic mass is 10.1. The summed E-state index contributed by atoms with van der Waals surface area (Å²) >= 11 is 0. The van der Waals surface area contributed by atoms with Crippen LogP contribution in [-0.2, 0) is 6.54 Å². The van der Waals surface area contributed by atoms with Gasteiger partial charge in [0.25, 0.3) is 5.91 Å². The molecule has 0 aliphatic carbocycles. The van der Waals surface area contributed by atoms with Gasteiger partial charge >= 0.3 is 5.69 Å². The Morgan fingerprint density at radius 2 is 2.32 bits per heavy atom. The van der Waals surface area contributed by atoms with Crippen LogP contribution in [0.2, 0.25) is 0 Å². The summed E-state index contributed by atoms with van der Waals surface area (Å²) in [7, 11) is 0. The molecule has 3 N–H and O–H groups in total. The molecular weight excluding hydrogens is 250 g/mol. The maximum Gasteiger partial charge on any atom is 0.307 e. The maximum atomic E-state index is 11.4. The minimum atomic E-state index is -0.512. The molecule has 8 nitrogen and oxygen atoms in total. The first-order valence-corrected chi connectivity index (χ1v) is 5.37. The topological polar surface area (TPSA) is 116 Å². The van der Waals surface area contributed by atoms with Crippen molar-refractivity contribution in [3.05, 3.63) is 57.9 Å². The molecule has 1 aromatic heterocycles. The van der Waals surface area contributed by atoms with E-state index >= 15 is 0 Å². The monoisotopic (exact) mass is 261 g/mol. The van der Waals surface area contributed by atoms with Gasteiger partial charge in [-0.05, 0) is 17.7 Å². The predicted molar refractivity (Wildman–Crippen MR) is 66.1 cm³/mol. The molecule has 8 heteroatoms. The van der Waals surface area contributed by atoms with E-state index in [4.69, 9.17) is 5.84 Å². The van der Waals surface area contributed by atoms with Gasteiger partial charge in [0.15, 0.2) is 0 Å². The van der Waals surface area contributed by atoms with Crippen molar-refractivity contribution < 1.29 is 9.72 Å². The highest BCUT2D eigenvalue weighted by atomic mass is 16.6. The minimum Gasteiger partial charge on any atom is -0.290 e. The molecule has 0 fully saturated rings. The Labute approximate surface area is 108 Å². The number of nitro groups is 1. The van der Waals surface area contributed by atoms with Crippen molar-refractivity contribution in [2.24, 2.45) is 5.84 Å². The molecule has 0 radical (unpaired) electrons. The third-order valence-electron chi connectivity index (χ3n) is 2.50. The Morgan fingerprint density at radius 1 is 1.53 bits per heavy atom. The van der Waals surface area contributed by atoms with E-state index in [-0.39, 0.29) is 5.69 Å². The normalized spacial score (nSPS) is 10.2. The smallest absolute Gasteiger partial charge is 0.290 e. The van der Waals surface area contributed by atoms with Crippen LogP contribution in [0.5, 0.6) is 0 Å². The Hall–Kier alpha value is -2.74. The van der Waals surface area contributed by atoms with Crippen molar-refractivity contribution in [1.29, 1.82) is 0 Å². The Morgan fingerprint density at radius 3 is 2.95 bits per heavy atom. The van der Waals surface area contributed by atoms with E-state index in [0.717, 1.165) is 5.56 Å². The second-order valence-electron chi connectivity index (χ2n) is 3.83. The summed E-state index contributed by atoms with van der Waals surface area (Å²) in [5, 5.41) is 14.4. The number of hydrazine groups is 1. The third kappa shape index (κ3) is 2.93. The number of benzene rings is 1. The molecule has 1 amide bonds. The highest BCUT2D eigenvalue weighted by Crippen LogP contribution is 2.11. The number of amides is 1. The zero-order valence-electron chi connectivity index (χ0n) is 9.81. The number of hydrogen-bond acceptors (Lipinski definition) is 5. The number of carbonyl (C=O) groups excluding carboxylic acids is 1. The van der Waals surface area contributed by atoms with Crippen LogP contribution in [0.25, 0.3) is 0 Å². The molecule has 2 rings (SSSR count). The summed E-state index contributed by atoms with van der Waals surface area (Å²) in [5.41, 5.74) is 3.18. The number of aromatic nitrogens is 2. The number of nitrogens with two attached hydrogens (primary N) is 1. The molecule has 98 valence electrons. The van der Waals surface area contributed by atoms with Crippen molar-refractivity contribution in [2.75, 3.05) is 0 Å². The van der Waals surface area contributed by atoms with Gasteiger partial charge in [0.1, 0.15) is 12.4 Å². The highest BCUT2D eigenvalue weighted by Gasteiger charge is 2.09. The van der Waals surface area contributed by atoms with Crippen molar-refractivity contribution in [3.63, 3.8) is 0 Å². The third-order valence-corrected chi connectivity index (χ3v) is 2.50. The standard InChI is InChI=1S/C11H11N5O3/c12-14-11(17)9-3-1-2-8(4-9)6-15-7-10(5-13-15)16(18)19/h1-5,7H,6,12H2,(H,14,17). The van der Waals surface area contributed by atoms with Crippen LogP contribution < -0.4 is 11.3 Å². The van der Waals surface area contributed by atoms with Crippen LogP contribution >= 0.6 is 0 Å². The van der Waals surface area contributed by atoms with Crippen LogP contribution in [0, 0.1) is 10.1 Å². The lowest BCUT2D eigenvalue weighted by Crippen LogP contribution is -2.30. The van der Waals surface area contributed by atoms with Gasteiger partial charge in [-0.2, -0.15) is 5.10 Å². The molecule has 2 aromatic rings. The van der Waals surface area contributed by atoms with Gasteiger partial charge in [-0.3, -0.25) is 25.0 Å². The largest absolute Gasteiger partial charge is 0.307 e. The van der Waals surface area contributed by atoms with Gasteiger partial charge in [-0.1, -0.05) is 12.1 Å². The van der Waals surface area contributed by atoms with E-state index in [9.17, 15) is 14.9 Å². The number of carbonyl (C=O) groups is 1. The first-order valence-electron chi connectivity index (χ1n) is 5.37. The molecule has 1 aromatic carbocycles. The summed E-state index contributed by atoms with van der Waals surface area (Å²) in [6.07, 6.45) is 2.51. The Kier molecular flexibility index (Phi) is 3.53. The molecule has 0 bridgehead atoms. The van der Waals surface area contributed by atoms with Crippen LogP contribution in [0.1, 0.15) is 15.9 Å². The van der Waals surface area contributed by atoms with Crippen molar-refractivity contribution in [2.45, 2.75) is 6.54 Å². The van der Waals surface area contributed by atoms with Crippen molar-refractivity contribution in [3.8, 4) is 0 Å². The second-order valence-corrected chi connectivity index (χ2v) is 3.83. The van der Waals surface area contributed by atoms with E-state index in [1.807, 2.05) is 5.43 Å². The summed E-state index contributed by atoms with van der Waals surface area (Å²) in [6, 6.07) is 6.77. The SMILES string of the molecule is NNC(=O)c1cccc(Cn2cc([N+](=O)[O-])cn2)c1. The number of rotatable bonds is 4. The van der Waals surface area contributed by atoms with Crippen molar-refractivity contribution >= 4 is 11.6 Å². The van der Waals surface area contributed by atoms with Crippen LogP contribution in [0.3, 0.4) is 0 Å². The van der Waals surface area contributed by atoms with E-state index < -0.39 is 10.8 Å². The molecule has 19 heavy (non-hydrogen) atoms. The first-order chi connectivity index (χ1) is 9.10. The zero-order chi connectivity index (χ0) is 13.8. The predicted octanol–water partition coefficient (Wildman–Crippen LogP) is 0.443. The fraction of sp³-hybridized carbons (Fsp3) is 0.0909. The van der Waals surface area contributed by atoms with Crippen LogP contribution in [-0.4, -0.2) is 20.6 Å². The fourth-order valence-electron chi connectivity index (χ4n) is 1.61. The van der Waals surface area contributed by atoms with Crippen LogP contribution in [0.4, 0.5) is 5.69 Å². The van der Waals surface area contributed by atoms with Gasteiger partial charge in [-0.15, -0.1) is 0 Å². The lowest BCUT2D eigenvalue weighted by molar-refractivity contribution is -0.385. The van der Waals surface area contributed by atoms with Crippen LogP contribution in [0.15, 0.2) is 36.7 Å². The summed E-state index contributed by atoms with van der Waals surface area (Å²) in [6.45, 7) is 0.333. The van der Waals surface area contributed by atoms with Gasteiger partial charge in [0.2, 0.25) is 0 Å². The molecule has 0 saturated carbocycles. The lowest BCUT2D eigenvalue weighted by Gasteiger charge is -2.04. The molecule has 0 atom stereocenters. The highest BCUT2D eigenvalue weighted by molar-refractivity contribution is 5.93. The van der Waals surface area contributed by atoms with Gasteiger partial charge < -0.3 is 0 Å². The van der Waals surface area contributed by atoms with Gasteiger partial charge in [0.05, 0.1) is 11.5 Å². The van der Waals surface area contributed by atoms with E-state index in [0.29, 0.717) is 12.1 Å². The summed E-state index contributed by atoms with van der Waals surface area (Å²) < 4.78 is 1.43. The van der Waals surface area contributed by atoms with Gasteiger partial charge in [-0.25, -0.2) is 5.84 Å². The number of hydrogen-bond donors (Lipinski definition) is 2.